The number of hydrogen-bond donors (Lipinski definition) is 1. The van der Waals surface area contributed by atoms with Gasteiger partial charge in [-0.2, -0.15) is 0 Å². The van der Waals surface area contributed by atoms with E-state index in [1.807, 2.05) is 4.90 Å². The van der Waals surface area contributed by atoms with Gasteiger partial charge in [-0.05, 0) is 31.0 Å². The lowest BCUT2D eigenvalue weighted by molar-refractivity contribution is -0.128. The molecule has 2 heterocycles. The van der Waals surface area contributed by atoms with Crippen LogP contribution in [0.5, 0.6) is 0 Å². The first kappa shape index (κ1) is 19.1. The van der Waals surface area contributed by atoms with Gasteiger partial charge in [-0.3, -0.25) is 9.59 Å². The van der Waals surface area contributed by atoms with Crippen molar-refractivity contribution in [2.75, 3.05) is 24.2 Å². The monoisotopic (exact) mass is 410 g/mol. The van der Waals surface area contributed by atoms with Crippen LogP contribution in [0.15, 0.2) is 28.6 Å². The summed E-state index contributed by atoms with van der Waals surface area (Å²) < 4.78 is 0.615. The molecule has 1 saturated heterocycles. The number of thioether (sulfide) groups is 1. The van der Waals surface area contributed by atoms with Gasteiger partial charge in [0.05, 0.1) is 5.75 Å². The summed E-state index contributed by atoms with van der Waals surface area (Å²) in [6, 6.07) is 6.91. The molecule has 2 aromatic rings. The molecule has 0 bridgehead atoms. The third kappa shape index (κ3) is 5.43. The molecule has 1 aliphatic rings. The van der Waals surface area contributed by atoms with Gasteiger partial charge in [0.2, 0.25) is 10.9 Å². The Balaban J connectivity index is 1.52. The number of benzene rings is 1. The number of nitrogens with zero attached hydrogens (tertiary/aromatic N) is 3. The van der Waals surface area contributed by atoms with E-state index in [9.17, 15) is 9.59 Å². The molecule has 9 heteroatoms. The average molecular weight is 411 g/mol. The minimum absolute atomic E-state index is 0.122. The molecule has 0 aliphatic carbocycles. The van der Waals surface area contributed by atoms with Crippen molar-refractivity contribution in [2.45, 2.75) is 30.0 Å². The Morgan fingerprint density at radius 1 is 1.19 bits per heavy atom. The maximum absolute atomic E-state index is 12.3. The van der Waals surface area contributed by atoms with Crippen molar-refractivity contribution in [3.63, 3.8) is 0 Å². The minimum atomic E-state index is -0.338. The number of amides is 2. The molecule has 0 saturated carbocycles. The number of carbonyl (C=O) groups excluding carboxylic acids is 2. The van der Waals surface area contributed by atoms with Gasteiger partial charge in [0.25, 0.3) is 5.91 Å². The molecule has 3 rings (SSSR count). The Kier molecular flexibility index (Phi) is 6.87. The highest BCUT2D eigenvalue weighted by Gasteiger charge is 2.18. The maximum Gasteiger partial charge on any atom is 0.286 e. The molecular weight excluding hydrogens is 392 g/mol. The standard InChI is InChI=1S/C17H19ClN4O2S2/c18-12-6-5-7-13(10-12)19-15(24)16-20-21-17(26-16)25-11-14(23)22-8-3-1-2-4-9-22/h5-7,10H,1-4,8-9,11H2,(H,19,24). The van der Waals surface area contributed by atoms with Gasteiger partial charge in [-0.15, -0.1) is 10.2 Å². The molecule has 0 unspecified atom stereocenters. The molecule has 1 aromatic carbocycles. The second kappa shape index (κ2) is 9.34. The van der Waals surface area contributed by atoms with Crippen LogP contribution in [-0.4, -0.2) is 45.8 Å². The molecule has 26 heavy (non-hydrogen) atoms. The van der Waals surface area contributed by atoms with Crippen LogP contribution in [0.1, 0.15) is 35.5 Å². The predicted molar refractivity (Wildman–Crippen MR) is 105 cm³/mol. The Hall–Kier alpha value is -1.64. The number of anilines is 1. The maximum atomic E-state index is 12.3. The van der Waals surface area contributed by atoms with Crippen LogP contribution in [0.2, 0.25) is 5.02 Å². The molecule has 0 spiro atoms. The summed E-state index contributed by atoms with van der Waals surface area (Å²) in [5.41, 5.74) is 0.600. The molecule has 138 valence electrons. The van der Waals surface area contributed by atoms with E-state index in [-0.39, 0.29) is 16.8 Å². The van der Waals surface area contributed by atoms with Crippen molar-refractivity contribution in [1.29, 1.82) is 0 Å². The van der Waals surface area contributed by atoms with E-state index in [4.69, 9.17) is 11.6 Å². The third-order valence-corrected chi connectivity index (χ3v) is 6.24. The van der Waals surface area contributed by atoms with E-state index in [1.54, 1.807) is 24.3 Å². The SMILES string of the molecule is O=C(Nc1cccc(Cl)c1)c1nnc(SCC(=O)N2CCCCCC2)s1. The Morgan fingerprint density at radius 2 is 1.96 bits per heavy atom. The second-order valence-corrected chi connectivity index (χ2v) is 8.56. The number of halogens is 1. The summed E-state index contributed by atoms with van der Waals surface area (Å²) in [6.07, 6.45) is 4.53. The van der Waals surface area contributed by atoms with E-state index >= 15 is 0 Å². The van der Waals surface area contributed by atoms with Gasteiger partial charge < -0.3 is 10.2 Å². The molecule has 1 fully saturated rings. The first-order valence-electron chi connectivity index (χ1n) is 8.43. The molecular formula is C17H19ClN4O2S2. The number of rotatable bonds is 5. The van der Waals surface area contributed by atoms with Gasteiger partial charge in [0.15, 0.2) is 4.34 Å². The predicted octanol–water partition coefficient (Wildman–Crippen LogP) is 3.94. The smallest absolute Gasteiger partial charge is 0.286 e. The van der Waals surface area contributed by atoms with Gasteiger partial charge in [-0.1, -0.05) is 53.6 Å². The molecule has 1 aliphatic heterocycles. The zero-order chi connectivity index (χ0) is 18.4. The van der Waals surface area contributed by atoms with E-state index in [0.717, 1.165) is 25.9 Å². The van der Waals surface area contributed by atoms with Gasteiger partial charge in [0.1, 0.15) is 0 Å². The number of hydrogen-bond acceptors (Lipinski definition) is 6. The molecule has 1 aromatic heterocycles. The highest BCUT2D eigenvalue weighted by atomic mass is 35.5. The average Bonchev–Trinajstić information content (AvgIpc) is 2.93. The fourth-order valence-electron chi connectivity index (χ4n) is 2.65. The summed E-state index contributed by atoms with van der Waals surface area (Å²) in [7, 11) is 0. The van der Waals surface area contributed by atoms with Crippen LogP contribution < -0.4 is 5.32 Å². The van der Waals surface area contributed by atoms with E-state index in [0.29, 0.717) is 20.8 Å². The van der Waals surface area contributed by atoms with Crippen molar-refractivity contribution in [3.05, 3.63) is 34.3 Å². The van der Waals surface area contributed by atoms with Crippen molar-refractivity contribution in [2.24, 2.45) is 0 Å². The second-order valence-electron chi connectivity index (χ2n) is 5.92. The van der Waals surface area contributed by atoms with Crippen LogP contribution in [-0.2, 0) is 4.79 Å². The highest BCUT2D eigenvalue weighted by molar-refractivity contribution is 8.01. The van der Waals surface area contributed by atoms with Crippen molar-refractivity contribution in [1.82, 2.24) is 15.1 Å². The topological polar surface area (TPSA) is 75.2 Å². The zero-order valence-corrected chi connectivity index (χ0v) is 16.5. The highest BCUT2D eigenvalue weighted by Crippen LogP contribution is 2.24. The van der Waals surface area contributed by atoms with Crippen molar-refractivity contribution < 1.29 is 9.59 Å². The van der Waals surface area contributed by atoms with Crippen LogP contribution in [0, 0.1) is 0 Å². The largest absolute Gasteiger partial charge is 0.342 e. The lowest BCUT2D eigenvalue weighted by atomic mass is 10.2. The van der Waals surface area contributed by atoms with Gasteiger partial charge in [-0.25, -0.2) is 0 Å². The summed E-state index contributed by atoms with van der Waals surface area (Å²) in [5.74, 6) is 0.109. The number of aromatic nitrogens is 2. The number of likely N-dealkylation sites (tertiary alicyclic amines) is 1. The zero-order valence-electron chi connectivity index (χ0n) is 14.1. The van der Waals surface area contributed by atoms with Crippen LogP contribution in [0.25, 0.3) is 0 Å². The van der Waals surface area contributed by atoms with Crippen LogP contribution in [0.4, 0.5) is 5.69 Å². The van der Waals surface area contributed by atoms with Gasteiger partial charge in [0, 0.05) is 23.8 Å². The van der Waals surface area contributed by atoms with E-state index in [1.165, 1.54) is 35.9 Å². The molecule has 6 nitrogen and oxygen atoms in total. The Bertz CT molecular complexity index is 776. The number of nitrogens with one attached hydrogen (secondary N) is 1. The molecule has 0 radical (unpaired) electrons. The fourth-order valence-corrected chi connectivity index (χ4v) is 4.49. The Morgan fingerprint density at radius 3 is 2.69 bits per heavy atom. The fraction of sp³-hybridized carbons (Fsp3) is 0.412. The van der Waals surface area contributed by atoms with Crippen molar-refractivity contribution >= 4 is 52.2 Å². The lowest BCUT2D eigenvalue weighted by Gasteiger charge is -2.19. The molecule has 1 N–H and O–H groups in total. The van der Waals surface area contributed by atoms with E-state index < -0.39 is 0 Å². The van der Waals surface area contributed by atoms with Crippen molar-refractivity contribution in [3.8, 4) is 0 Å². The quantitative estimate of drug-likeness (QED) is 0.755. The summed E-state index contributed by atoms with van der Waals surface area (Å²) >= 11 is 8.42. The normalized spacial score (nSPS) is 14.7. The summed E-state index contributed by atoms with van der Waals surface area (Å²) in [6.45, 7) is 1.67. The molecule has 2 amide bonds. The van der Waals surface area contributed by atoms with Crippen LogP contribution >= 0.6 is 34.7 Å². The summed E-state index contributed by atoms with van der Waals surface area (Å²) in [5, 5.41) is 11.5. The lowest BCUT2D eigenvalue weighted by Crippen LogP contribution is -2.33. The first-order chi connectivity index (χ1) is 12.6. The first-order valence-corrected chi connectivity index (χ1v) is 10.6. The third-order valence-electron chi connectivity index (χ3n) is 3.96. The van der Waals surface area contributed by atoms with Gasteiger partial charge >= 0.3 is 0 Å². The minimum Gasteiger partial charge on any atom is -0.342 e. The molecule has 0 atom stereocenters. The Labute approximate surface area is 165 Å². The number of carbonyl (C=O) groups is 2. The van der Waals surface area contributed by atoms with E-state index in [2.05, 4.69) is 15.5 Å². The van der Waals surface area contributed by atoms with Crippen LogP contribution in [0.3, 0.4) is 0 Å². The summed E-state index contributed by atoms with van der Waals surface area (Å²) in [4.78, 5) is 26.5.